The van der Waals surface area contributed by atoms with Crippen molar-refractivity contribution in [2.75, 3.05) is 7.11 Å². The van der Waals surface area contributed by atoms with Crippen LogP contribution in [0.15, 0.2) is 65.6 Å². The second-order valence-electron chi connectivity index (χ2n) is 6.60. The summed E-state index contributed by atoms with van der Waals surface area (Å²) >= 11 is 0. The fourth-order valence-electron chi connectivity index (χ4n) is 3.68. The lowest BCUT2D eigenvalue weighted by molar-refractivity contribution is -0.120. The number of sulfonamides is 1. The molecule has 0 saturated carbocycles. The van der Waals surface area contributed by atoms with E-state index in [2.05, 4.69) is 4.72 Å². The second-order valence-corrected chi connectivity index (χ2v) is 8.28. The number of fused-ring (bicyclic) bond motifs is 2. The van der Waals surface area contributed by atoms with Crippen molar-refractivity contribution in [3.8, 4) is 5.75 Å². The Hall–Kier alpha value is -2.86. The van der Waals surface area contributed by atoms with Crippen molar-refractivity contribution < 1.29 is 17.9 Å². The van der Waals surface area contributed by atoms with E-state index >= 15 is 0 Å². The number of benzene rings is 3. The van der Waals surface area contributed by atoms with Crippen LogP contribution in [0.2, 0.25) is 0 Å². The maximum atomic E-state index is 12.7. The zero-order valence-corrected chi connectivity index (χ0v) is 15.6. The Balaban J connectivity index is 1.61. The molecule has 0 aromatic heterocycles. The molecular weight excluding hydrogens is 362 g/mol. The van der Waals surface area contributed by atoms with Crippen molar-refractivity contribution in [2.24, 2.45) is 0 Å². The molecule has 138 valence electrons. The Bertz CT molecular complexity index is 1140. The molecule has 0 spiro atoms. The van der Waals surface area contributed by atoms with Crippen molar-refractivity contribution >= 4 is 26.7 Å². The highest BCUT2D eigenvalue weighted by atomic mass is 32.2. The minimum Gasteiger partial charge on any atom is -0.496 e. The molecule has 0 heterocycles. The molecule has 3 aromatic rings. The summed E-state index contributed by atoms with van der Waals surface area (Å²) in [5, 5.41) is 1.75. The van der Waals surface area contributed by atoms with Gasteiger partial charge in [-0.15, -0.1) is 0 Å². The molecule has 1 unspecified atom stereocenters. The minimum atomic E-state index is -3.94. The summed E-state index contributed by atoms with van der Waals surface area (Å²) in [6.07, 6.45) is 1.25. The lowest BCUT2D eigenvalue weighted by Crippen LogP contribution is -2.34. The van der Waals surface area contributed by atoms with E-state index in [1.165, 1.54) is 6.07 Å². The van der Waals surface area contributed by atoms with E-state index in [1.807, 2.05) is 42.5 Å². The molecule has 27 heavy (non-hydrogen) atoms. The third kappa shape index (κ3) is 3.17. The molecule has 5 nitrogen and oxygen atoms in total. The zero-order chi connectivity index (χ0) is 19.0. The molecule has 0 aliphatic heterocycles. The Morgan fingerprint density at radius 1 is 1.04 bits per heavy atom. The Kier molecular flexibility index (Phi) is 4.36. The summed E-state index contributed by atoms with van der Waals surface area (Å²) in [5.41, 5.74) is 1.81. The van der Waals surface area contributed by atoms with Crippen LogP contribution in [-0.4, -0.2) is 21.4 Å². The first kappa shape index (κ1) is 17.5. The highest BCUT2D eigenvalue weighted by Gasteiger charge is 2.32. The largest absolute Gasteiger partial charge is 0.496 e. The number of hydrogen-bond acceptors (Lipinski definition) is 4. The predicted molar refractivity (Wildman–Crippen MR) is 103 cm³/mol. The van der Waals surface area contributed by atoms with E-state index in [1.54, 1.807) is 19.2 Å². The van der Waals surface area contributed by atoms with Crippen molar-refractivity contribution in [3.05, 3.63) is 71.8 Å². The van der Waals surface area contributed by atoms with Crippen molar-refractivity contribution in [1.29, 1.82) is 0 Å². The number of rotatable bonds is 4. The fourth-order valence-corrected chi connectivity index (χ4v) is 4.74. The molecule has 1 aliphatic rings. The van der Waals surface area contributed by atoms with Crippen molar-refractivity contribution in [1.82, 2.24) is 4.72 Å². The summed E-state index contributed by atoms with van der Waals surface area (Å²) in [6.45, 7) is 0. The van der Waals surface area contributed by atoms with E-state index in [9.17, 15) is 13.2 Å². The van der Waals surface area contributed by atoms with E-state index in [-0.39, 0.29) is 4.90 Å². The maximum Gasteiger partial charge on any atom is 0.264 e. The molecule has 6 heteroatoms. The SMILES string of the molecule is COc1cccc2c1CCC2C(=O)NS(=O)(=O)c1ccc2ccccc2c1. The quantitative estimate of drug-likeness (QED) is 0.752. The molecule has 0 bridgehead atoms. The average molecular weight is 381 g/mol. The molecule has 1 atom stereocenters. The van der Waals surface area contributed by atoms with Crippen LogP contribution in [0.1, 0.15) is 23.5 Å². The Labute approximate surface area is 158 Å². The van der Waals surface area contributed by atoms with Crippen LogP contribution >= 0.6 is 0 Å². The number of hydrogen-bond donors (Lipinski definition) is 1. The van der Waals surface area contributed by atoms with Gasteiger partial charge in [-0.25, -0.2) is 13.1 Å². The highest BCUT2D eigenvalue weighted by molar-refractivity contribution is 7.90. The van der Waals surface area contributed by atoms with E-state index < -0.39 is 21.8 Å². The Morgan fingerprint density at radius 3 is 2.59 bits per heavy atom. The van der Waals surface area contributed by atoms with Gasteiger partial charge in [0.1, 0.15) is 5.75 Å². The van der Waals surface area contributed by atoms with Gasteiger partial charge in [0, 0.05) is 0 Å². The van der Waals surface area contributed by atoms with Gasteiger partial charge in [-0.1, -0.05) is 42.5 Å². The number of ether oxygens (including phenoxy) is 1. The number of nitrogens with one attached hydrogen (secondary N) is 1. The van der Waals surface area contributed by atoms with Gasteiger partial charge < -0.3 is 4.74 Å². The summed E-state index contributed by atoms with van der Waals surface area (Å²) in [5.74, 6) is -0.263. The lowest BCUT2D eigenvalue weighted by atomic mass is 10.0. The number of amides is 1. The standard InChI is InChI=1S/C21H19NO4S/c1-26-20-8-4-7-17-18(20)11-12-19(17)21(23)22-27(24,25)16-10-9-14-5-2-3-6-15(14)13-16/h2-10,13,19H,11-12H2,1H3,(H,22,23). The normalized spacial score (nSPS) is 16.1. The number of methoxy groups -OCH3 is 1. The van der Waals surface area contributed by atoms with Crippen LogP contribution in [0, 0.1) is 0 Å². The third-order valence-corrected chi connectivity index (χ3v) is 6.37. The van der Waals surface area contributed by atoms with Crippen LogP contribution < -0.4 is 9.46 Å². The highest BCUT2D eigenvalue weighted by Crippen LogP contribution is 2.38. The van der Waals surface area contributed by atoms with Gasteiger partial charge in [0.15, 0.2) is 0 Å². The fraction of sp³-hybridized carbons (Fsp3) is 0.190. The first-order chi connectivity index (χ1) is 13.0. The molecule has 1 aliphatic carbocycles. The van der Waals surface area contributed by atoms with Gasteiger partial charge in [-0.3, -0.25) is 4.79 Å². The molecule has 0 fully saturated rings. The molecule has 1 amide bonds. The van der Waals surface area contributed by atoms with Crippen LogP contribution in [0.5, 0.6) is 5.75 Å². The second kappa shape index (κ2) is 6.70. The summed E-state index contributed by atoms with van der Waals surface area (Å²) < 4.78 is 33.0. The third-order valence-electron chi connectivity index (χ3n) is 5.03. The van der Waals surface area contributed by atoms with Crippen molar-refractivity contribution in [2.45, 2.75) is 23.7 Å². The van der Waals surface area contributed by atoms with Crippen LogP contribution in [0.4, 0.5) is 0 Å². The van der Waals surface area contributed by atoms with Gasteiger partial charge in [0.2, 0.25) is 5.91 Å². The predicted octanol–water partition coefficient (Wildman–Crippen LogP) is 3.38. The average Bonchev–Trinajstić information content (AvgIpc) is 3.11. The Morgan fingerprint density at radius 2 is 1.81 bits per heavy atom. The van der Waals surface area contributed by atoms with E-state index in [4.69, 9.17) is 4.74 Å². The van der Waals surface area contributed by atoms with Gasteiger partial charge in [-0.05, 0) is 52.9 Å². The lowest BCUT2D eigenvalue weighted by Gasteiger charge is -2.14. The van der Waals surface area contributed by atoms with Crippen molar-refractivity contribution in [3.63, 3.8) is 0 Å². The molecule has 0 saturated heterocycles. The maximum absolute atomic E-state index is 12.7. The number of carbonyl (C=O) groups excluding carboxylic acids is 1. The minimum absolute atomic E-state index is 0.0819. The van der Waals surface area contributed by atoms with Crippen LogP contribution in [-0.2, 0) is 21.2 Å². The molecular formula is C21H19NO4S. The molecule has 0 radical (unpaired) electrons. The summed E-state index contributed by atoms with van der Waals surface area (Å²) in [4.78, 5) is 12.8. The molecule has 3 aromatic carbocycles. The monoisotopic (exact) mass is 381 g/mol. The van der Waals surface area contributed by atoms with E-state index in [0.717, 1.165) is 27.6 Å². The molecule has 4 rings (SSSR count). The smallest absolute Gasteiger partial charge is 0.264 e. The summed E-state index contributed by atoms with van der Waals surface area (Å²) in [7, 11) is -2.35. The first-order valence-electron chi connectivity index (χ1n) is 8.71. The molecule has 1 N–H and O–H groups in total. The summed E-state index contributed by atoms with van der Waals surface area (Å²) in [6, 6.07) is 17.9. The van der Waals surface area contributed by atoms with Crippen LogP contribution in [0.3, 0.4) is 0 Å². The zero-order valence-electron chi connectivity index (χ0n) is 14.8. The van der Waals surface area contributed by atoms with Gasteiger partial charge in [0.05, 0.1) is 17.9 Å². The van der Waals surface area contributed by atoms with Gasteiger partial charge >= 0.3 is 0 Å². The van der Waals surface area contributed by atoms with Gasteiger partial charge in [0.25, 0.3) is 10.0 Å². The van der Waals surface area contributed by atoms with Gasteiger partial charge in [-0.2, -0.15) is 0 Å². The van der Waals surface area contributed by atoms with E-state index in [0.29, 0.717) is 12.8 Å². The van der Waals surface area contributed by atoms with Crippen LogP contribution in [0.25, 0.3) is 10.8 Å². The first-order valence-corrected chi connectivity index (χ1v) is 10.2. The topological polar surface area (TPSA) is 72.5 Å². The number of carbonyl (C=O) groups is 1.